The monoisotopic (exact) mass is 587 g/mol. The largest absolute Gasteiger partial charge is 0.476 e. The number of carbonyl (C=O) groups is 4. The van der Waals surface area contributed by atoms with Gasteiger partial charge in [-0.1, -0.05) is 36.4 Å². The lowest BCUT2D eigenvalue weighted by Crippen LogP contribution is -2.55. The van der Waals surface area contributed by atoms with Crippen molar-refractivity contribution < 1.29 is 25.7 Å². The molecule has 2 N–H and O–H groups in total. The van der Waals surface area contributed by atoms with Crippen molar-refractivity contribution in [3.63, 3.8) is 0 Å². The molecule has 0 unspecified atom stereocenters. The van der Waals surface area contributed by atoms with Crippen molar-refractivity contribution in [1.29, 1.82) is 5.26 Å². The molecule has 0 radical (unpaired) electrons. The van der Waals surface area contributed by atoms with Crippen LogP contribution >= 0.6 is 0 Å². The summed E-state index contributed by atoms with van der Waals surface area (Å²) in [6, 6.07) is 20.8. The molecule has 226 valence electrons. The Morgan fingerprint density at radius 2 is 1.51 bits per heavy atom. The summed E-state index contributed by atoms with van der Waals surface area (Å²) < 4.78 is 5.74. The number of amides is 3. The van der Waals surface area contributed by atoms with Crippen molar-refractivity contribution in [2.45, 2.75) is 32.4 Å². The van der Waals surface area contributed by atoms with Crippen LogP contribution in [0.25, 0.3) is 4.85 Å². The summed E-state index contributed by atoms with van der Waals surface area (Å²) in [6.07, 6.45) is 5.66. The molecule has 11 nitrogen and oxygen atoms in total. The van der Waals surface area contributed by atoms with E-state index in [0.717, 1.165) is 25.2 Å². The molecular formula is C32H38N6O5. The van der Waals surface area contributed by atoms with Crippen molar-refractivity contribution in [1.82, 2.24) is 20.0 Å². The minimum absolute atomic E-state index is 0.00941. The molecule has 0 aromatic heterocycles. The molecule has 4 rings (SSSR count). The maximum atomic E-state index is 12.3. The SMILES string of the molecule is C[C@@H]1CN(C(=O)c2ccccc2)CCN1.C[C@@H]1CN(C(=O)c2ccccc2)CCN1C(=O)CC#N.[2H]C#C.[C-]#[N+]CC(=O)O. The predicted octanol–water partition coefficient (Wildman–Crippen LogP) is 2.63. The average molecular weight is 588 g/mol. The van der Waals surface area contributed by atoms with Gasteiger partial charge in [-0.05, 0) is 38.1 Å². The zero-order valence-electron chi connectivity index (χ0n) is 25.5. The molecule has 0 aliphatic carbocycles. The quantitative estimate of drug-likeness (QED) is 0.414. The third-order valence-corrected chi connectivity index (χ3v) is 6.38. The topological polar surface area (TPSA) is 138 Å². The van der Waals surface area contributed by atoms with Gasteiger partial charge in [-0.25, -0.2) is 11.4 Å². The summed E-state index contributed by atoms with van der Waals surface area (Å²) in [5, 5.41) is 19.6. The number of carbonyl (C=O) groups excluding carboxylic acids is 3. The summed E-state index contributed by atoms with van der Waals surface area (Å²) in [6.45, 7) is 13.6. The van der Waals surface area contributed by atoms with Gasteiger partial charge in [0, 0.05) is 62.5 Å². The van der Waals surface area contributed by atoms with E-state index in [1.165, 1.54) is 6.40 Å². The normalized spacial score (nSPS) is 17.2. The maximum Gasteiger partial charge on any atom is 0.384 e. The third kappa shape index (κ3) is 12.5. The molecule has 0 spiro atoms. The summed E-state index contributed by atoms with van der Waals surface area (Å²) in [5.41, 5.74) is 1.45. The van der Waals surface area contributed by atoms with Crippen molar-refractivity contribution in [2.75, 3.05) is 45.8 Å². The molecule has 0 saturated carbocycles. The molecule has 2 heterocycles. The van der Waals surface area contributed by atoms with Crippen LogP contribution in [0.5, 0.6) is 0 Å². The van der Waals surface area contributed by atoms with E-state index in [4.69, 9.17) is 18.3 Å². The van der Waals surface area contributed by atoms with Crippen LogP contribution in [0.2, 0.25) is 0 Å². The van der Waals surface area contributed by atoms with E-state index in [2.05, 4.69) is 23.5 Å². The number of nitrogens with zero attached hydrogens (tertiary/aromatic N) is 5. The molecule has 2 aromatic rings. The third-order valence-electron chi connectivity index (χ3n) is 6.38. The number of nitrogens with one attached hydrogen (secondary N) is 1. The van der Waals surface area contributed by atoms with Gasteiger partial charge in [0.1, 0.15) is 7.79 Å². The number of rotatable bonds is 4. The van der Waals surface area contributed by atoms with Gasteiger partial charge in [0.25, 0.3) is 11.8 Å². The van der Waals surface area contributed by atoms with Gasteiger partial charge in [0.05, 0.1) is 6.07 Å². The molecule has 2 saturated heterocycles. The van der Waals surface area contributed by atoms with E-state index in [1.807, 2.05) is 66.4 Å². The highest BCUT2D eigenvalue weighted by Gasteiger charge is 2.29. The number of carboxylic acid groups (broad SMARTS) is 1. The van der Waals surface area contributed by atoms with Crippen molar-refractivity contribution in [2.24, 2.45) is 0 Å². The first kappa shape index (κ1) is 34.0. The van der Waals surface area contributed by atoms with Gasteiger partial charge in [-0.2, -0.15) is 5.26 Å². The first-order valence-corrected chi connectivity index (χ1v) is 13.6. The second-order valence-electron chi connectivity index (χ2n) is 9.57. The van der Waals surface area contributed by atoms with Gasteiger partial charge in [-0.15, -0.1) is 12.8 Å². The minimum Gasteiger partial charge on any atom is -0.476 e. The highest BCUT2D eigenvalue weighted by Crippen LogP contribution is 2.14. The molecule has 2 aliphatic rings. The summed E-state index contributed by atoms with van der Waals surface area (Å²) >= 11 is 0. The van der Waals surface area contributed by atoms with Crippen LogP contribution in [-0.2, 0) is 9.59 Å². The molecule has 2 fully saturated rings. The number of terminal acetylenes is 1. The number of hydrogen-bond acceptors (Lipinski definition) is 6. The molecule has 3 amide bonds. The van der Waals surface area contributed by atoms with E-state index in [-0.39, 0.29) is 30.2 Å². The highest BCUT2D eigenvalue weighted by molar-refractivity contribution is 5.95. The van der Waals surface area contributed by atoms with Crippen molar-refractivity contribution in [3.05, 3.63) is 83.2 Å². The fourth-order valence-corrected chi connectivity index (χ4v) is 4.39. The average Bonchev–Trinajstić information content (AvgIpc) is 3.02. The lowest BCUT2D eigenvalue weighted by atomic mass is 10.1. The van der Waals surface area contributed by atoms with E-state index in [9.17, 15) is 19.2 Å². The Bertz CT molecular complexity index is 1340. The number of nitriles is 1. The van der Waals surface area contributed by atoms with Crippen LogP contribution in [0.1, 0.15) is 42.4 Å². The summed E-state index contributed by atoms with van der Waals surface area (Å²) in [5.74, 6) is -1.09. The molecular weight excluding hydrogens is 548 g/mol. The lowest BCUT2D eigenvalue weighted by Gasteiger charge is -2.39. The second kappa shape index (κ2) is 19.8. The predicted molar refractivity (Wildman–Crippen MR) is 163 cm³/mol. The number of hydrogen-bond donors (Lipinski definition) is 2. The van der Waals surface area contributed by atoms with Crippen LogP contribution in [0.3, 0.4) is 0 Å². The van der Waals surface area contributed by atoms with Crippen LogP contribution < -0.4 is 5.32 Å². The summed E-state index contributed by atoms with van der Waals surface area (Å²) in [7, 11) is 0. The van der Waals surface area contributed by atoms with Gasteiger partial charge >= 0.3 is 12.5 Å². The molecule has 2 aromatic carbocycles. The minimum atomic E-state index is -1.06. The number of aliphatic carboxylic acids is 1. The number of carboxylic acids is 1. The smallest absolute Gasteiger partial charge is 0.384 e. The zero-order chi connectivity index (χ0) is 32.9. The first-order valence-electron chi connectivity index (χ1n) is 14.1. The van der Waals surface area contributed by atoms with Gasteiger partial charge in [0.2, 0.25) is 5.91 Å². The standard InChI is InChI=1S/C15H17N3O2.C12H16N2O.C3H3NO2.C2H2/c1-12-11-17(9-10-18(12)14(19)7-8-16)15(20)13-5-3-2-4-6-13;1-10-9-14(8-7-13-10)12(15)11-5-3-2-4-6-11;1-4-2-3(5)6;1-2/h2-6,12H,7,9-11H2,1H3;2-6,10,13H,7-9H2,1H3;2H2,(H,5,6);1-2H/t12-;10-;;/m11../s1/i;;;1D. The first-order chi connectivity index (χ1) is 21.1. The Labute approximate surface area is 254 Å². The fraction of sp³-hybridized carbons (Fsp3) is 0.375. The van der Waals surface area contributed by atoms with Crippen LogP contribution in [0.15, 0.2) is 60.7 Å². The van der Waals surface area contributed by atoms with Gasteiger partial charge < -0.3 is 30.0 Å². The second-order valence-corrected chi connectivity index (χ2v) is 9.57. The molecule has 11 heteroatoms. The Hall–Kier alpha value is -5.18. The lowest BCUT2D eigenvalue weighted by molar-refractivity contribution is -0.135. The van der Waals surface area contributed by atoms with Crippen molar-refractivity contribution in [3.8, 4) is 18.9 Å². The van der Waals surface area contributed by atoms with E-state index in [0.29, 0.717) is 31.2 Å². The molecule has 2 aliphatic heterocycles. The van der Waals surface area contributed by atoms with Gasteiger partial charge in [0.15, 0.2) is 0 Å². The molecule has 43 heavy (non-hydrogen) atoms. The number of benzene rings is 2. The van der Waals surface area contributed by atoms with Crippen LogP contribution in [0, 0.1) is 30.7 Å². The van der Waals surface area contributed by atoms with Gasteiger partial charge in [-0.3, -0.25) is 14.4 Å². The van der Waals surface area contributed by atoms with Crippen LogP contribution in [-0.4, -0.2) is 101 Å². The zero-order valence-corrected chi connectivity index (χ0v) is 24.5. The Morgan fingerprint density at radius 1 is 1.00 bits per heavy atom. The summed E-state index contributed by atoms with van der Waals surface area (Å²) in [4.78, 5) is 53.4. The van der Waals surface area contributed by atoms with E-state index in [1.54, 1.807) is 21.9 Å². The Balaban J connectivity index is 0.000000354. The number of piperazine rings is 2. The van der Waals surface area contributed by atoms with E-state index >= 15 is 0 Å². The van der Waals surface area contributed by atoms with Crippen molar-refractivity contribution >= 4 is 23.7 Å². The fourth-order valence-electron chi connectivity index (χ4n) is 4.39. The Morgan fingerprint density at radius 3 is 1.91 bits per heavy atom. The molecule has 2 atom stereocenters. The van der Waals surface area contributed by atoms with Crippen LogP contribution in [0.4, 0.5) is 0 Å². The molecule has 0 bridgehead atoms. The van der Waals surface area contributed by atoms with E-state index < -0.39 is 12.5 Å². The highest BCUT2D eigenvalue weighted by atomic mass is 16.4. The Kier molecular flexibility index (Phi) is 15.7. The maximum absolute atomic E-state index is 12.3.